The summed E-state index contributed by atoms with van der Waals surface area (Å²) in [6.07, 6.45) is -4.29. The van der Waals surface area contributed by atoms with E-state index in [0.717, 1.165) is 29.1 Å². The van der Waals surface area contributed by atoms with Crippen molar-refractivity contribution in [2.45, 2.75) is 32.5 Å². The lowest BCUT2D eigenvalue weighted by Gasteiger charge is -2.19. The SMILES string of the molecule is COc1cc(Nc2ccc3nc(C)nc(N[C@H](C)c4cc(N)cc(C(F)(F)F)c4)c3c2)ccc1CC(=O)N(C)C.O=CO. The third kappa shape index (κ3) is 8.47. The van der Waals surface area contributed by atoms with Crippen LogP contribution in [-0.4, -0.2) is 53.6 Å². The fourth-order valence-corrected chi connectivity index (χ4v) is 4.27. The second-order valence-electron chi connectivity index (χ2n) is 9.83. The average molecular weight is 599 g/mol. The number of nitrogens with zero attached hydrogens (tertiary/aromatic N) is 3. The number of amides is 1. The van der Waals surface area contributed by atoms with E-state index in [4.69, 9.17) is 20.4 Å². The molecule has 4 rings (SSSR count). The van der Waals surface area contributed by atoms with Crippen LogP contribution in [0.5, 0.6) is 5.75 Å². The van der Waals surface area contributed by atoms with Crippen molar-refractivity contribution in [2.75, 3.05) is 37.6 Å². The molecule has 0 aliphatic rings. The van der Waals surface area contributed by atoms with Crippen molar-refractivity contribution in [1.29, 1.82) is 0 Å². The van der Waals surface area contributed by atoms with E-state index in [0.29, 0.717) is 33.9 Å². The van der Waals surface area contributed by atoms with Crippen molar-refractivity contribution < 1.29 is 32.6 Å². The number of halogens is 3. The summed E-state index contributed by atoms with van der Waals surface area (Å²) in [5.41, 5.74) is 8.29. The Morgan fingerprint density at radius 3 is 2.37 bits per heavy atom. The van der Waals surface area contributed by atoms with E-state index >= 15 is 0 Å². The fraction of sp³-hybridized carbons (Fsp3) is 0.267. The molecular formula is C30H33F3N6O4. The number of nitrogens with one attached hydrogen (secondary N) is 2. The molecule has 0 unspecified atom stereocenters. The lowest BCUT2D eigenvalue weighted by molar-refractivity contribution is -0.137. The monoisotopic (exact) mass is 598 g/mol. The third-order valence-corrected chi connectivity index (χ3v) is 6.38. The summed E-state index contributed by atoms with van der Waals surface area (Å²) >= 11 is 0. The van der Waals surface area contributed by atoms with E-state index in [1.165, 1.54) is 11.0 Å². The molecule has 0 radical (unpaired) electrons. The summed E-state index contributed by atoms with van der Waals surface area (Å²) in [6, 6.07) is 14.1. The number of carboxylic acid groups (broad SMARTS) is 1. The van der Waals surface area contributed by atoms with Crippen LogP contribution in [0.15, 0.2) is 54.6 Å². The fourth-order valence-electron chi connectivity index (χ4n) is 4.27. The topological polar surface area (TPSA) is 143 Å². The van der Waals surface area contributed by atoms with Crippen LogP contribution in [0, 0.1) is 6.92 Å². The van der Waals surface area contributed by atoms with Crippen LogP contribution in [0.3, 0.4) is 0 Å². The molecule has 0 spiro atoms. The summed E-state index contributed by atoms with van der Waals surface area (Å²) in [5.74, 6) is 1.53. The maximum absolute atomic E-state index is 13.4. The number of nitrogens with two attached hydrogens (primary N) is 1. The van der Waals surface area contributed by atoms with Crippen molar-refractivity contribution in [3.05, 3.63) is 77.1 Å². The molecule has 43 heavy (non-hydrogen) atoms. The first-order chi connectivity index (χ1) is 20.2. The number of hydrogen-bond donors (Lipinski definition) is 4. The Morgan fingerprint density at radius 2 is 1.74 bits per heavy atom. The van der Waals surface area contributed by atoms with Crippen molar-refractivity contribution in [2.24, 2.45) is 0 Å². The first-order valence-electron chi connectivity index (χ1n) is 13.0. The molecule has 1 atom stereocenters. The van der Waals surface area contributed by atoms with Crippen molar-refractivity contribution >= 4 is 46.2 Å². The van der Waals surface area contributed by atoms with Crippen molar-refractivity contribution in [3.8, 4) is 5.75 Å². The summed E-state index contributed by atoms with van der Waals surface area (Å²) in [5, 5.41) is 14.1. The lowest BCUT2D eigenvalue weighted by atomic mass is 10.0. The molecule has 1 amide bonds. The Morgan fingerprint density at radius 1 is 1.09 bits per heavy atom. The Balaban J connectivity index is 0.00000162. The number of alkyl halides is 3. The number of likely N-dealkylation sites (N-methyl/N-ethyl adjacent to an activating group) is 1. The molecule has 3 aromatic carbocycles. The van der Waals surface area contributed by atoms with Crippen LogP contribution in [0.25, 0.3) is 10.9 Å². The van der Waals surface area contributed by atoms with E-state index in [1.54, 1.807) is 35.1 Å². The normalized spacial score (nSPS) is 11.6. The number of aromatic nitrogens is 2. The molecule has 4 aromatic rings. The number of aryl methyl sites for hydroxylation is 1. The number of carbonyl (C=O) groups is 2. The van der Waals surface area contributed by atoms with Gasteiger partial charge in [-0.25, -0.2) is 9.97 Å². The maximum Gasteiger partial charge on any atom is 0.416 e. The summed E-state index contributed by atoms with van der Waals surface area (Å²) in [4.78, 5) is 31.1. The minimum atomic E-state index is -4.51. The number of anilines is 4. The number of hydrogen-bond acceptors (Lipinski definition) is 8. The molecule has 1 aromatic heterocycles. The van der Waals surface area contributed by atoms with Gasteiger partial charge in [0.15, 0.2) is 0 Å². The number of benzene rings is 3. The summed E-state index contributed by atoms with van der Waals surface area (Å²) < 4.78 is 45.6. The lowest BCUT2D eigenvalue weighted by Crippen LogP contribution is -2.23. The summed E-state index contributed by atoms with van der Waals surface area (Å²) in [6.45, 7) is 3.24. The van der Waals surface area contributed by atoms with Gasteiger partial charge in [0, 0.05) is 48.2 Å². The van der Waals surface area contributed by atoms with Gasteiger partial charge < -0.3 is 31.1 Å². The number of fused-ring (bicyclic) bond motifs is 1. The van der Waals surface area contributed by atoms with Crippen LogP contribution in [0.2, 0.25) is 0 Å². The summed E-state index contributed by atoms with van der Waals surface area (Å²) in [7, 11) is 4.96. The quantitative estimate of drug-likeness (QED) is 0.146. The number of rotatable bonds is 8. The van der Waals surface area contributed by atoms with E-state index < -0.39 is 17.8 Å². The molecule has 0 saturated heterocycles. The second kappa shape index (κ2) is 13.7. The van der Waals surface area contributed by atoms with Crippen LogP contribution >= 0.6 is 0 Å². The predicted octanol–water partition coefficient (Wildman–Crippen LogP) is 5.80. The Labute approximate surface area is 246 Å². The first kappa shape index (κ1) is 32.4. The van der Waals surface area contributed by atoms with Crippen LogP contribution in [-0.2, 0) is 22.2 Å². The molecule has 0 saturated carbocycles. The van der Waals surface area contributed by atoms with Gasteiger partial charge in [-0.3, -0.25) is 9.59 Å². The van der Waals surface area contributed by atoms with Gasteiger partial charge in [0.1, 0.15) is 17.4 Å². The average Bonchev–Trinajstić information content (AvgIpc) is 2.93. The number of methoxy groups -OCH3 is 1. The van der Waals surface area contributed by atoms with E-state index in [9.17, 15) is 18.0 Å². The van der Waals surface area contributed by atoms with Crippen molar-refractivity contribution in [3.63, 3.8) is 0 Å². The van der Waals surface area contributed by atoms with Gasteiger partial charge in [0.25, 0.3) is 6.47 Å². The predicted molar refractivity (Wildman–Crippen MR) is 160 cm³/mol. The minimum absolute atomic E-state index is 0.0289. The van der Waals surface area contributed by atoms with Gasteiger partial charge in [-0.05, 0) is 61.9 Å². The third-order valence-electron chi connectivity index (χ3n) is 6.38. The Hall–Kier alpha value is -5.07. The number of carbonyl (C=O) groups excluding carboxylic acids is 1. The minimum Gasteiger partial charge on any atom is -0.496 e. The zero-order valence-corrected chi connectivity index (χ0v) is 24.3. The highest BCUT2D eigenvalue weighted by Crippen LogP contribution is 2.34. The standard InChI is InChI=1S/C29H31F3N6O2.CH2O2/c1-16(19-10-20(29(30,31)32)13-21(33)11-19)34-28-24-14-22(8-9-25(24)35-17(2)36-28)37-23-7-6-18(26(15-23)40-5)12-27(39)38(3)4;2-1-3/h6-11,13-16,37H,12,33H2,1-5H3,(H,34,35,36);1H,(H,2,3)/t16-;/m1./s1. The highest BCUT2D eigenvalue weighted by Gasteiger charge is 2.31. The van der Waals surface area contributed by atoms with Crippen LogP contribution in [0.4, 0.5) is 36.1 Å². The van der Waals surface area contributed by atoms with Gasteiger partial charge in [0.2, 0.25) is 5.91 Å². The molecule has 13 heteroatoms. The molecule has 1 heterocycles. The molecule has 5 N–H and O–H groups in total. The van der Waals surface area contributed by atoms with E-state index in [-0.39, 0.29) is 24.5 Å². The Bertz CT molecular complexity index is 1610. The maximum atomic E-state index is 13.4. The molecule has 0 fully saturated rings. The second-order valence-corrected chi connectivity index (χ2v) is 9.83. The molecule has 0 aliphatic heterocycles. The van der Waals surface area contributed by atoms with Crippen LogP contribution < -0.4 is 21.1 Å². The molecule has 228 valence electrons. The van der Waals surface area contributed by atoms with Gasteiger partial charge in [0.05, 0.1) is 30.7 Å². The molecule has 0 bridgehead atoms. The molecule has 0 aliphatic carbocycles. The van der Waals surface area contributed by atoms with Gasteiger partial charge in [-0.2, -0.15) is 13.2 Å². The van der Waals surface area contributed by atoms with Gasteiger partial charge in [-0.1, -0.05) is 6.07 Å². The van der Waals surface area contributed by atoms with Crippen LogP contribution in [0.1, 0.15) is 35.5 Å². The number of ether oxygens (including phenoxy) is 1. The van der Waals surface area contributed by atoms with E-state index in [2.05, 4.69) is 20.6 Å². The largest absolute Gasteiger partial charge is 0.496 e. The Kier molecular flexibility index (Phi) is 10.4. The highest BCUT2D eigenvalue weighted by atomic mass is 19.4. The van der Waals surface area contributed by atoms with Crippen molar-refractivity contribution in [1.82, 2.24) is 14.9 Å². The van der Waals surface area contributed by atoms with Gasteiger partial charge in [-0.15, -0.1) is 0 Å². The molecule has 10 nitrogen and oxygen atoms in total. The highest BCUT2D eigenvalue weighted by molar-refractivity contribution is 5.92. The smallest absolute Gasteiger partial charge is 0.416 e. The molecular weight excluding hydrogens is 565 g/mol. The van der Waals surface area contributed by atoms with E-state index in [1.807, 2.05) is 36.4 Å². The zero-order valence-electron chi connectivity index (χ0n) is 24.3. The first-order valence-corrected chi connectivity index (χ1v) is 13.0. The van der Waals surface area contributed by atoms with Gasteiger partial charge >= 0.3 is 6.18 Å². The number of nitrogen functional groups attached to an aromatic ring is 1. The zero-order chi connectivity index (χ0) is 31.9.